The molecule has 0 bridgehead atoms. The molecule has 19 heteroatoms. The van der Waals surface area contributed by atoms with Gasteiger partial charge in [-0.15, -0.1) is 0 Å². The van der Waals surface area contributed by atoms with Crippen LogP contribution in [0.1, 0.15) is 344 Å². The molecule has 0 heterocycles. The van der Waals surface area contributed by atoms with Crippen molar-refractivity contribution in [3.8, 4) is 0 Å². The van der Waals surface area contributed by atoms with Gasteiger partial charge < -0.3 is 33.8 Å². The summed E-state index contributed by atoms with van der Waals surface area (Å²) in [4.78, 5) is 72.4. The van der Waals surface area contributed by atoms with E-state index in [0.717, 1.165) is 115 Å². The maximum atomic E-state index is 13.0. The van der Waals surface area contributed by atoms with E-state index in [9.17, 15) is 43.2 Å². The zero-order valence-corrected chi connectivity index (χ0v) is 59.8. The van der Waals surface area contributed by atoms with Gasteiger partial charge >= 0.3 is 39.5 Å². The highest BCUT2D eigenvalue weighted by atomic mass is 31.2. The number of unbranched alkanes of at least 4 members (excludes halogenated alkanes) is 32. The van der Waals surface area contributed by atoms with Crippen LogP contribution >= 0.6 is 15.6 Å². The molecule has 0 rings (SSSR count). The number of phosphoric ester groups is 2. The molecule has 0 aromatic rings. The van der Waals surface area contributed by atoms with Gasteiger partial charge in [-0.2, -0.15) is 0 Å². The smallest absolute Gasteiger partial charge is 0.462 e. The van der Waals surface area contributed by atoms with Gasteiger partial charge in [0.25, 0.3) is 0 Å². The van der Waals surface area contributed by atoms with Crippen LogP contribution in [-0.4, -0.2) is 96.7 Å². The topological polar surface area (TPSA) is 237 Å². The van der Waals surface area contributed by atoms with E-state index in [-0.39, 0.29) is 25.7 Å². The normalized spacial score (nSPS) is 14.6. The van der Waals surface area contributed by atoms with E-state index in [2.05, 4.69) is 55.4 Å². The van der Waals surface area contributed by atoms with Crippen molar-refractivity contribution < 1.29 is 80.2 Å². The zero-order chi connectivity index (χ0) is 66.1. The quantitative estimate of drug-likeness (QED) is 0.0222. The van der Waals surface area contributed by atoms with Crippen LogP contribution in [-0.2, 0) is 65.4 Å². The third-order valence-corrected chi connectivity index (χ3v) is 18.3. The van der Waals surface area contributed by atoms with E-state index in [1.54, 1.807) is 0 Å². The van der Waals surface area contributed by atoms with Crippen molar-refractivity contribution in [2.75, 3.05) is 39.6 Å². The molecular formula is C70H136O17P2. The Morgan fingerprint density at radius 1 is 0.315 bits per heavy atom. The summed E-state index contributed by atoms with van der Waals surface area (Å²) in [5.41, 5.74) is 0. The van der Waals surface area contributed by atoms with Crippen LogP contribution in [0.5, 0.6) is 0 Å². The van der Waals surface area contributed by atoms with Crippen molar-refractivity contribution in [2.24, 2.45) is 23.7 Å². The lowest BCUT2D eigenvalue weighted by Gasteiger charge is -2.21. The first kappa shape index (κ1) is 87.1. The van der Waals surface area contributed by atoms with Crippen LogP contribution in [0.2, 0.25) is 0 Å². The standard InChI is InChI=1S/C70H136O17P2/c1-9-63(8)49-41-33-28-29-35-43-51-68(73)81-57-66(87-70(75)53-45-37-27-21-24-32-40-48-62(6)7)59-85-89(78,79)83-55-64(71)54-82-88(76,77)84-58-65(56-80-67(72)50-42-34-26-20-23-31-39-47-61(4)5)86-69(74)52-44-36-25-19-17-15-13-11-10-12-14-16-18-22-30-38-46-60(2)3/h60-66,71H,9-59H2,1-8H3,(H,76,77)(H,78,79)/t63?,64-,65-,66-/m1/s1. The Bertz CT molecular complexity index is 1770. The van der Waals surface area contributed by atoms with Gasteiger partial charge in [0.1, 0.15) is 19.3 Å². The highest BCUT2D eigenvalue weighted by Gasteiger charge is 2.30. The van der Waals surface area contributed by atoms with Crippen LogP contribution in [0.3, 0.4) is 0 Å². The molecule has 89 heavy (non-hydrogen) atoms. The maximum absolute atomic E-state index is 13.0. The molecule has 3 N–H and O–H groups in total. The number of aliphatic hydroxyl groups is 1. The molecule has 0 radical (unpaired) electrons. The van der Waals surface area contributed by atoms with Crippen LogP contribution in [0, 0.1) is 23.7 Å². The molecule has 3 unspecified atom stereocenters. The summed E-state index contributed by atoms with van der Waals surface area (Å²) in [5.74, 6) is 0.807. The van der Waals surface area contributed by atoms with Crippen molar-refractivity contribution in [3.63, 3.8) is 0 Å². The predicted molar refractivity (Wildman–Crippen MR) is 358 cm³/mol. The van der Waals surface area contributed by atoms with E-state index >= 15 is 0 Å². The summed E-state index contributed by atoms with van der Waals surface area (Å²) in [6, 6.07) is 0. The van der Waals surface area contributed by atoms with Gasteiger partial charge in [-0.25, -0.2) is 9.13 Å². The van der Waals surface area contributed by atoms with Crippen molar-refractivity contribution in [2.45, 2.75) is 363 Å². The van der Waals surface area contributed by atoms with Crippen LogP contribution in [0.4, 0.5) is 0 Å². The van der Waals surface area contributed by atoms with E-state index < -0.39 is 97.5 Å². The van der Waals surface area contributed by atoms with Gasteiger partial charge in [-0.05, 0) is 49.4 Å². The molecule has 528 valence electrons. The molecule has 0 aliphatic heterocycles. The number of carbonyl (C=O) groups is 4. The van der Waals surface area contributed by atoms with E-state index in [0.29, 0.717) is 37.5 Å². The summed E-state index contributed by atoms with van der Waals surface area (Å²) in [6.45, 7) is 14.0. The molecule has 0 aliphatic rings. The van der Waals surface area contributed by atoms with Gasteiger partial charge in [-0.3, -0.25) is 37.3 Å². The lowest BCUT2D eigenvalue weighted by Crippen LogP contribution is -2.30. The fraction of sp³-hybridized carbons (Fsp3) is 0.943. The van der Waals surface area contributed by atoms with Gasteiger partial charge in [0, 0.05) is 25.7 Å². The number of carbonyl (C=O) groups excluding carboxylic acids is 4. The summed E-state index contributed by atoms with van der Waals surface area (Å²) < 4.78 is 68.2. The average molecular weight is 1310 g/mol. The third kappa shape index (κ3) is 63.2. The van der Waals surface area contributed by atoms with Crippen molar-refractivity contribution in [1.82, 2.24) is 0 Å². The fourth-order valence-corrected chi connectivity index (χ4v) is 12.0. The van der Waals surface area contributed by atoms with Crippen LogP contribution in [0.15, 0.2) is 0 Å². The molecule has 0 aromatic carbocycles. The molecule has 0 fully saturated rings. The second-order valence-corrected chi connectivity index (χ2v) is 29.8. The minimum Gasteiger partial charge on any atom is -0.462 e. The highest BCUT2D eigenvalue weighted by molar-refractivity contribution is 7.47. The second kappa shape index (κ2) is 59.8. The fourth-order valence-electron chi connectivity index (χ4n) is 10.5. The first-order valence-corrected chi connectivity index (χ1v) is 39.2. The monoisotopic (exact) mass is 1310 g/mol. The van der Waals surface area contributed by atoms with Gasteiger partial charge in [0.05, 0.1) is 26.4 Å². The number of phosphoric acid groups is 2. The Morgan fingerprint density at radius 2 is 0.539 bits per heavy atom. The number of ether oxygens (including phenoxy) is 4. The summed E-state index contributed by atoms with van der Waals surface area (Å²) in [5, 5.41) is 10.6. The lowest BCUT2D eigenvalue weighted by molar-refractivity contribution is -0.161. The summed E-state index contributed by atoms with van der Waals surface area (Å²) in [6.07, 6.45) is 42.0. The molecule has 6 atom stereocenters. The molecule has 0 amide bonds. The Morgan fingerprint density at radius 3 is 0.798 bits per heavy atom. The number of aliphatic hydroxyl groups excluding tert-OH is 1. The molecule has 17 nitrogen and oxygen atoms in total. The SMILES string of the molecule is CCC(C)CCCCCCCCC(=O)OC[C@H](COP(=O)(O)OC[C@H](O)COP(=O)(O)OC[C@@H](COC(=O)CCCCCCCCCC(C)C)OC(=O)CCCCCCCCCCCCCCCCCCC(C)C)OC(=O)CCCCCCCCCC(C)C. The Labute approximate surface area is 543 Å². The molecule has 0 aromatic heterocycles. The van der Waals surface area contributed by atoms with Gasteiger partial charge in [0.2, 0.25) is 0 Å². The predicted octanol–water partition coefficient (Wildman–Crippen LogP) is 19.7. The number of esters is 4. The Balaban J connectivity index is 5.19. The Hall–Kier alpha value is -1.94. The molecular weight excluding hydrogens is 1170 g/mol. The van der Waals surface area contributed by atoms with Crippen LogP contribution in [0.25, 0.3) is 0 Å². The zero-order valence-electron chi connectivity index (χ0n) is 58.1. The van der Waals surface area contributed by atoms with Crippen molar-refractivity contribution in [3.05, 3.63) is 0 Å². The van der Waals surface area contributed by atoms with Crippen LogP contribution < -0.4 is 0 Å². The summed E-state index contributed by atoms with van der Waals surface area (Å²) in [7, 11) is -9.90. The van der Waals surface area contributed by atoms with Crippen molar-refractivity contribution in [1.29, 1.82) is 0 Å². The lowest BCUT2D eigenvalue weighted by atomic mass is 10.00. The van der Waals surface area contributed by atoms with Gasteiger partial charge in [0.15, 0.2) is 12.2 Å². The highest BCUT2D eigenvalue weighted by Crippen LogP contribution is 2.45. The van der Waals surface area contributed by atoms with Crippen molar-refractivity contribution >= 4 is 39.5 Å². The average Bonchev–Trinajstić information content (AvgIpc) is 3.70. The number of hydrogen-bond donors (Lipinski definition) is 3. The first-order chi connectivity index (χ1) is 42.6. The maximum Gasteiger partial charge on any atom is 0.472 e. The largest absolute Gasteiger partial charge is 0.472 e. The number of hydrogen-bond acceptors (Lipinski definition) is 15. The van der Waals surface area contributed by atoms with Gasteiger partial charge in [-0.1, -0.05) is 293 Å². The molecule has 0 spiro atoms. The van der Waals surface area contributed by atoms with E-state index in [4.69, 9.17) is 37.0 Å². The molecule has 0 saturated carbocycles. The number of rotatable bonds is 67. The minimum absolute atomic E-state index is 0.102. The molecule has 0 aliphatic carbocycles. The van der Waals surface area contributed by atoms with E-state index in [1.165, 1.54) is 135 Å². The van der Waals surface area contributed by atoms with E-state index in [1.807, 2.05) is 0 Å². The summed E-state index contributed by atoms with van der Waals surface area (Å²) >= 11 is 0. The minimum atomic E-state index is -4.95. The third-order valence-electron chi connectivity index (χ3n) is 16.4. The first-order valence-electron chi connectivity index (χ1n) is 36.2. The molecule has 0 saturated heterocycles. The Kier molecular flexibility index (Phi) is 58.5. The second-order valence-electron chi connectivity index (χ2n) is 26.9.